The third-order valence-corrected chi connectivity index (χ3v) is 4.67. The lowest BCUT2D eigenvalue weighted by molar-refractivity contribution is 0.358. The molecule has 0 aromatic heterocycles. The van der Waals surface area contributed by atoms with Crippen molar-refractivity contribution in [2.24, 2.45) is 0 Å². The number of likely N-dealkylation sites (N-methyl/N-ethyl adjacent to an activating group) is 1. The molecule has 0 saturated carbocycles. The fraction of sp³-hybridized carbons (Fsp3) is 0.600. The Morgan fingerprint density at radius 3 is 2.29 bits per heavy atom. The van der Waals surface area contributed by atoms with Gasteiger partial charge in [-0.25, -0.2) is 13.1 Å². The molecule has 1 aromatic carbocycles. The molecule has 0 aliphatic heterocycles. The van der Waals surface area contributed by atoms with Crippen LogP contribution in [0.2, 0.25) is 0 Å². The van der Waals surface area contributed by atoms with Crippen LogP contribution in [0.1, 0.15) is 25.0 Å². The number of sulfonamides is 1. The molecule has 0 saturated heterocycles. The quantitative estimate of drug-likeness (QED) is 0.681. The minimum atomic E-state index is -3.26. The van der Waals surface area contributed by atoms with Crippen molar-refractivity contribution in [1.82, 2.24) is 14.9 Å². The average Bonchev–Trinajstić information content (AvgIpc) is 2.45. The van der Waals surface area contributed by atoms with Gasteiger partial charge in [0.2, 0.25) is 10.0 Å². The van der Waals surface area contributed by atoms with Gasteiger partial charge in [0.25, 0.3) is 0 Å². The Morgan fingerprint density at radius 2 is 1.71 bits per heavy atom. The number of benzene rings is 1. The number of hydrogen-bond acceptors (Lipinski definition) is 4. The van der Waals surface area contributed by atoms with E-state index in [0.29, 0.717) is 6.54 Å². The van der Waals surface area contributed by atoms with E-state index in [2.05, 4.69) is 21.9 Å². The zero-order chi connectivity index (χ0) is 15.7. The lowest BCUT2D eigenvalue weighted by Crippen LogP contribution is -2.33. The first-order valence-electron chi connectivity index (χ1n) is 7.41. The largest absolute Gasteiger partial charge is 0.313 e. The summed E-state index contributed by atoms with van der Waals surface area (Å²) in [6.07, 6.45) is 0. The van der Waals surface area contributed by atoms with Gasteiger partial charge in [0.15, 0.2) is 0 Å². The summed E-state index contributed by atoms with van der Waals surface area (Å²) in [6, 6.07) is 7.70. The van der Waals surface area contributed by atoms with Gasteiger partial charge in [0.05, 0.1) is 5.75 Å². The zero-order valence-electron chi connectivity index (χ0n) is 13.2. The number of nitrogens with one attached hydrogen (secondary N) is 2. The summed E-state index contributed by atoms with van der Waals surface area (Å²) in [5, 5.41) is 3.24. The van der Waals surface area contributed by atoms with E-state index in [1.54, 1.807) is 0 Å². The van der Waals surface area contributed by atoms with Crippen LogP contribution in [0.4, 0.5) is 0 Å². The molecule has 21 heavy (non-hydrogen) atoms. The van der Waals surface area contributed by atoms with Crippen molar-refractivity contribution in [3.8, 4) is 0 Å². The molecule has 0 amide bonds. The molecule has 0 bridgehead atoms. The molecule has 6 heteroatoms. The summed E-state index contributed by atoms with van der Waals surface area (Å²) in [5.41, 5.74) is 1.97. The van der Waals surface area contributed by atoms with Crippen LogP contribution in [0.5, 0.6) is 0 Å². The minimum absolute atomic E-state index is 0.0321. The van der Waals surface area contributed by atoms with E-state index in [9.17, 15) is 8.42 Å². The molecule has 0 unspecified atom stereocenters. The molecular formula is C15H27N3O2S. The van der Waals surface area contributed by atoms with Gasteiger partial charge in [-0.15, -0.1) is 0 Å². The summed E-state index contributed by atoms with van der Waals surface area (Å²) >= 11 is 0. The Hall–Kier alpha value is -0.950. The van der Waals surface area contributed by atoms with Gasteiger partial charge in [-0.3, -0.25) is 0 Å². The number of hydrogen-bond donors (Lipinski definition) is 2. The van der Waals surface area contributed by atoms with Crippen molar-refractivity contribution in [2.75, 3.05) is 33.2 Å². The maximum absolute atomic E-state index is 12.0. The summed E-state index contributed by atoms with van der Waals surface area (Å²) in [4.78, 5) is 2.07. The van der Waals surface area contributed by atoms with Crippen molar-refractivity contribution in [2.45, 2.75) is 26.1 Å². The highest BCUT2D eigenvalue weighted by Gasteiger charge is 2.11. The van der Waals surface area contributed by atoms with E-state index in [1.807, 2.05) is 38.2 Å². The minimum Gasteiger partial charge on any atom is -0.313 e. The van der Waals surface area contributed by atoms with E-state index >= 15 is 0 Å². The van der Waals surface area contributed by atoms with Crippen LogP contribution in [0, 0.1) is 0 Å². The lowest BCUT2D eigenvalue weighted by Gasteiger charge is -2.14. The molecule has 0 atom stereocenters. The van der Waals surface area contributed by atoms with Gasteiger partial charge >= 0.3 is 0 Å². The van der Waals surface area contributed by atoms with Gasteiger partial charge in [-0.2, -0.15) is 0 Å². The number of rotatable bonds is 10. The van der Waals surface area contributed by atoms with Crippen molar-refractivity contribution in [1.29, 1.82) is 0 Å². The first kappa shape index (κ1) is 18.1. The Morgan fingerprint density at radius 1 is 1.10 bits per heavy atom. The van der Waals surface area contributed by atoms with Crippen LogP contribution in [-0.2, 0) is 22.3 Å². The maximum atomic E-state index is 12.0. The monoisotopic (exact) mass is 313 g/mol. The third kappa shape index (κ3) is 7.57. The van der Waals surface area contributed by atoms with E-state index in [1.165, 1.54) is 0 Å². The fourth-order valence-electron chi connectivity index (χ4n) is 1.84. The molecule has 0 aliphatic carbocycles. The Labute approximate surface area is 128 Å². The van der Waals surface area contributed by atoms with Crippen LogP contribution in [0.15, 0.2) is 24.3 Å². The lowest BCUT2D eigenvalue weighted by atomic mass is 10.1. The molecule has 1 aromatic rings. The van der Waals surface area contributed by atoms with Gasteiger partial charge in [-0.05, 0) is 31.3 Å². The highest BCUT2D eigenvalue weighted by Crippen LogP contribution is 2.07. The molecule has 0 aliphatic rings. The molecule has 5 nitrogen and oxygen atoms in total. The van der Waals surface area contributed by atoms with Crippen molar-refractivity contribution in [3.63, 3.8) is 0 Å². The Kier molecular flexibility index (Phi) is 7.88. The second-order valence-electron chi connectivity index (χ2n) is 5.15. The highest BCUT2D eigenvalue weighted by atomic mass is 32.2. The Balaban J connectivity index is 2.47. The topological polar surface area (TPSA) is 61.4 Å². The van der Waals surface area contributed by atoms with E-state index < -0.39 is 10.0 Å². The van der Waals surface area contributed by atoms with Gasteiger partial charge in [-0.1, -0.05) is 38.1 Å². The predicted molar refractivity (Wildman–Crippen MR) is 87.6 cm³/mol. The average molecular weight is 313 g/mol. The van der Waals surface area contributed by atoms with Gasteiger partial charge < -0.3 is 10.2 Å². The Bertz CT molecular complexity index is 500. The second kappa shape index (κ2) is 9.15. The molecule has 0 heterocycles. The number of nitrogens with zero attached hydrogens (tertiary/aromatic N) is 1. The first-order chi connectivity index (χ1) is 9.96. The van der Waals surface area contributed by atoms with Gasteiger partial charge in [0.1, 0.15) is 0 Å². The molecule has 0 fully saturated rings. The second-order valence-corrected chi connectivity index (χ2v) is 6.95. The highest BCUT2D eigenvalue weighted by molar-refractivity contribution is 7.88. The van der Waals surface area contributed by atoms with Crippen LogP contribution < -0.4 is 10.0 Å². The van der Waals surface area contributed by atoms with E-state index in [4.69, 9.17) is 0 Å². The van der Waals surface area contributed by atoms with Gasteiger partial charge in [0, 0.05) is 19.6 Å². The van der Waals surface area contributed by atoms with Crippen LogP contribution in [-0.4, -0.2) is 46.5 Å². The van der Waals surface area contributed by atoms with Crippen molar-refractivity contribution in [3.05, 3.63) is 35.4 Å². The van der Waals surface area contributed by atoms with E-state index in [0.717, 1.165) is 37.3 Å². The molecule has 1 rings (SSSR count). The third-order valence-electron chi connectivity index (χ3n) is 3.31. The summed E-state index contributed by atoms with van der Waals surface area (Å²) < 4.78 is 26.6. The fourth-order valence-corrected chi connectivity index (χ4v) is 2.98. The van der Waals surface area contributed by atoms with Crippen LogP contribution in [0.3, 0.4) is 0 Å². The summed E-state index contributed by atoms with van der Waals surface area (Å²) in [5.74, 6) is 0.0321. The zero-order valence-corrected chi connectivity index (χ0v) is 14.0. The summed E-state index contributed by atoms with van der Waals surface area (Å²) in [7, 11) is -1.29. The standard InChI is InChI=1S/C15H27N3O2S/c1-4-16-12-14-6-8-15(9-7-14)13-21(19,20)17-10-11-18(3)5-2/h6-9,16-17H,4-5,10-13H2,1-3H3. The molecule has 2 N–H and O–H groups in total. The smallest absolute Gasteiger partial charge is 0.215 e. The molecular weight excluding hydrogens is 286 g/mol. The predicted octanol–water partition coefficient (Wildman–Crippen LogP) is 1.17. The normalized spacial score (nSPS) is 12.0. The first-order valence-corrected chi connectivity index (χ1v) is 9.06. The van der Waals surface area contributed by atoms with Crippen molar-refractivity contribution < 1.29 is 8.42 Å². The molecule has 0 spiro atoms. The van der Waals surface area contributed by atoms with Crippen molar-refractivity contribution >= 4 is 10.0 Å². The SMILES string of the molecule is CCNCc1ccc(CS(=O)(=O)NCCN(C)CC)cc1. The van der Waals surface area contributed by atoms with E-state index in [-0.39, 0.29) is 5.75 Å². The molecule has 0 radical (unpaired) electrons. The van der Waals surface area contributed by atoms with Crippen LogP contribution in [0.25, 0.3) is 0 Å². The maximum Gasteiger partial charge on any atom is 0.215 e. The molecule has 120 valence electrons. The van der Waals surface area contributed by atoms with Crippen LogP contribution >= 0.6 is 0 Å². The summed E-state index contributed by atoms with van der Waals surface area (Å²) in [6.45, 7) is 7.92.